The fourth-order valence-corrected chi connectivity index (χ4v) is 6.34. The number of hydrogen-bond acceptors (Lipinski definition) is 0. The van der Waals surface area contributed by atoms with E-state index in [0.29, 0.717) is 10.8 Å². The molecule has 0 fully saturated rings. The molecular weight excluding hydrogens is 406 g/mol. The normalized spacial score (nSPS) is 24.4. The summed E-state index contributed by atoms with van der Waals surface area (Å²) < 4.78 is 0. The Bertz CT molecular complexity index is 388. The van der Waals surface area contributed by atoms with Crippen LogP contribution in [0.15, 0.2) is 23.5 Å². The van der Waals surface area contributed by atoms with Crippen molar-refractivity contribution in [3.05, 3.63) is 23.5 Å². The molecule has 0 aromatic rings. The van der Waals surface area contributed by atoms with Crippen LogP contribution in [0.4, 0.5) is 0 Å². The van der Waals surface area contributed by atoms with Crippen molar-refractivity contribution in [1.29, 1.82) is 0 Å². The topological polar surface area (TPSA) is 0 Å². The van der Waals surface area contributed by atoms with Crippen LogP contribution in [-0.2, 0) is 17.1 Å². The fraction of sp³-hybridized carbons (Fsp3) is 0.833. The number of rotatable bonds is 2. The Hall–Kier alpha value is 0.859. The first-order chi connectivity index (χ1) is 12.1. The predicted molar refractivity (Wildman–Crippen MR) is 132 cm³/mol. The van der Waals surface area contributed by atoms with Crippen LogP contribution in [0.5, 0.6) is 0 Å². The second kappa shape index (κ2) is 16.6. The number of hydrogen-bond donors (Lipinski definition) is 0. The molecule has 0 spiro atoms. The molecule has 0 aliphatic heterocycles. The van der Waals surface area contributed by atoms with E-state index in [-0.39, 0.29) is 17.1 Å². The van der Waals surface area contributed by atoms with Crippen molar-refractivity contribution >= 4 is 17.2 Å². The summed E-state index contributed by atoms with van der Waals surface area (Å²) in [4.78, 5) is 0. The van der Waals surface area contributed by atoms with E-state index in [9.17, 15) is 0 Å². The molecule has 3 heteroatoms. The van der Waals surface area contributed by atoms with Gasteiger partial charge in [-0.15, -0.1) is 8.58 Å². The van der Waals surface area contributed by atoms with Gasteiger partial charge in [0.1, 0.15) is 0 Å². The maximum absolute atomic E-state index is 2.45. The molecule has 0 aromatic heterocycles. The Labute approximate surface area is 187 Å². The molecule has 2 rings (SSSR count). The first-order valence-electron chi connectivity index (χ1n) is 10.8. The molecule has 0 N–H and O–H groups in total. The maximum Gasteiger partial charge on any atom is 0 e. The van der Waals surface area contributed by atoms with E-state index < -0.39 is 0 Å². The molecule has 0 saturated heterocycles. The van der Waals surface area contributed by atoms with Crippen LogP contribution in [0.1, 0.15) is 88.5 Å². The zero-order chi connectivity index (χ0) is 21.0. The molecule has 0 saturated carbocycles. The van der Waals surface area contributed by atoms with Crippen LogP contribution in [0.3, 0.4) is 0 Å². The van der Waals surface area contributed by atoms with Crippen LogP contribution in [-0.4, -0.2) is 19.0 Å². The Balaban J connectivity index is -0.000000349. The average Bonchev–Trinajstić information content (AvgIpc) is 3.27. The van der Waals surface area contributed by atoms with Gasteiger partial charge in [-0.3, -0.25) is 0 Å². The summed E-state index contributed by atoms with van der Waals surface area (Å²) >= 11 is 0. The van der Waals surface area contributed by atoms with E-state index in [2.05, 4.69) is 73.1 Å². The minimum atomic E-state index is 0. The van der Waals surface area contributed by atoms with E-state index in [1.807, 2.05) is 27.7 Å². The van der Waals surface area contributed by atoms with Crippen LogP contribution >= 0.6 is 17.2 Å². The molecule has 2 aliphatic carbocycles. The minimum absolute atomic E-state index is 0. The summed E-state index contributed by atoms with van der Waals surface area (Å²) in [5.41, 5.74) is 1.90. The quantitative estimate of drug-likeness (QED) is 0.221. The van der Waals surface area contributed by atoms with E-state index in [4.69, 9.17) is 0 Å². The predicted octanol–water partition coefficient (Wildman–Crippen LogP) is 8.97. The largest absolute Gasteiger partial charge is 0.121 e. The van der Waals surface area contributed by atoms with Crippen molar-refractivity contribution in [2.24, 2.45) is 22.7 Å². The van der Waals surface area contributed by atoms with Gasteiger partial charge < -0.3 is 0 Å². The van der Waals surface area contributed by atoms with Gasteiger partial charge in [-0.2, -0.15) is 0 Å². The first-order valence-corrected chi connectivity index (χ1v) is 13.9. The second-order valence-corrected chi connectivity index (χ2v) is 11.3. The Morgan fingerprint density at radius 3 is 1.70 bits per heavy atom. The van der Waals surface area contributed by atoms with Crippen molar-refractivity contribution in [3.63, 3.8) is 0 Å². The molecule has 3 unspecified atom stereocenters. The van der Waals surface area contributed by atoms with Crippen LogP contribution in [0.2, 0.25) is 0 Å². The Morgan fingerprint density at radius 2 is 1.41 bits per heavy atom. The summed E-state index contributed by atoms with van der Waals surface area (Å²) in [6.45, 7) is 26.7. The zero-order valence-electron chi connectivity index (χ0n) is 20.4. The molecule has 0 amide bonds. The Morgan fingerprint density at radius 1 is 0.889 bits per heavy atom. The molecular formula is C24H50FeP2. The molecule has 0 bridgehead atoms. The maximum atomic E-state index is 2.45. The van der Waals surface area contributed by atoms with Gasteiger partial charge in [0.05, 0.1) is 0 Å². The summed E-state index contributed by atoms with van der Waals surface area (Å²) in [5, 5.41) is 1.72. The summed E-state index contributed by atoms with van der Waals surface area (Å²) in [5.74, 6) is 1.69. The van der Waals surface area contributed by atoms with Crippen LogP contribution in [0, 0.1) is 22.7 Å². The third-order valence-corrected chi connectivity index (χ3v) is 7.53. The Kier molecular flexibility index (Phi) is 20.0. The monoisotopic (exact) mass is 456 g/mol. The molecule has 0 nitrogen and oxygen atoms in total. The van der Waals surface area contributed by atoms with Crippen molar-refractivity contribution in [2.45, 2.75) is 94.2 Å². The van der Waals surface area contributed by atoms with Gasteiger partial charge in [0.15, 0.2) is 0 Å². The van der Waals surface area contributed by atoms with Crippen molar-refractivity contribution < 1.29 is 17.1 Å². The third kappa shape index (κ3) is 12.2. The smallest absolute Gasteiger partial charge is 0 e. The van der Waals surface area contributed by atoms with Gasteiger partial charge >= 0.3 is 0 Å². The van der Waals surface area contributed by atoms with E-state index in [0.717, 1.165) is 34.7 Å². The van der Waals surface area contributed by atoms with Gasteiger partial charge in [-0.1, -0.05) is 96.0 Å². The van der Waals surface area contributed by atoms with Crippen molar-refractivity contribution in [2.75, 3.05) is 13.3 Å². The zero-order valence-corrected chi connectivity index (χ0v) is 23.5. The SMILES string of the molecule is CC.CC.CPC1=CCC[C@H]1C(C)(C)C.CPC1CC=C[C@@H]1C(C)(C)C.[Fe]. The molecule has 5 atom stereocenters. The van der Waals surface area contributed by atoms with E-state index in [1.54, 1.807) is 5.31 Å². The van der Waals surface area contributed by atoms with Crippen molar-refractivity contribution in [3.8, 4) is 0 Å². The molecule has 2 aliphatic rings. The third-order valence-electron chi connectivity index (χ3n) is 5.07. The summed E-state index contributed by atoms with van der Waals surface area (Å²) in [6, 6.07) is 0. The van der Waals surface area contributed by atoms with E-state index in [1.165, 1.54) is 19.3 Å². The van der Waals surface area contributed by atoms with Gasteiger partial charge in [-0.25, -0.2) is 0 Å². The molecule has 0 heterocycles. The summed E-state index contributed by atoms with van der Waals surface area (Å²) in [7, 11) is 2.13. The number of allylic oxidation sites excluding steroid dienone is 4. The molecule has 0 aromatic carbocycles. The average molecular weight is 456 g/mol. The molecule has 164 valence electrons. The van der Waals surface area contributed by atoms with Gasteiger partial charge in [0, 0.05) is 17.1 Å². The van der Waals surface area contributed by atoms with Crippen molar-refractivity contribution in [1.82, 2.24) is 0 Å². The summed E-state index contributed by atoms with van der Waals surface area (Å²) in [6.07, 6.45) is 11.3. The van der Waals surface area contributed by atoms with Crippen LogP contribution < -0.4 is 0 Å². The second-order valence-electron chi connectivity index (χ2n) is 8.86. The van der Waals surface area contributed by atoms with Gasteiger partial charge in [-0.05, 0) is 66.2 Å². The fourth-order valence-electron chi connectivity index (χ4n) is 3.72. The van der Waals surface area contributed by atoms with Gasteiger partial charge in [0.25, 0.3) is 0 Å². The van der Waals surface area contributed by atoms with E-state index >= 15 is 0 Å². The van der Waals surface area contributed by atoms with Gasteiger partial charge in [0.2, 0.25) is 0 Å². The van der Waals surface area contributed by atoms with Crippen LogP contribution in [0.25, 0.3) is 0 Å². The molecule has 27 heavy (non-hydrogen) atoms. The molecule has 0 radical (unpaired) electrons. The minimum Gasteiger partial charge on any atom is -0.121 e. The first kappa shape index (κ1) is 32.5. The standard InChI is InChI=1S/2C10H19P.2C2H6.Fe/c2*1-10(2,3)8-6-5-7-9(8)11-4;2*1-2;/h7-8,11H,5-6H2,1-4H3;5-6,8-9,11H,7H2,1-4H3;2*1-2H3;/t8-;8-,9?;;;/m10.../s1.